The number of hydrogen-bond acceptors (Lipinski definition) is 6. The molecule has 6 nitrogen and oxygen atoms in total. The van der Waals surface area contributed by atoms with Gasteiger partial charge in [-0.25, -0.2) is 4.98 Å². The van der Waals surface area contributed by atoms with E-state index in [2.05, 4.69) is 15.6 Å². The molecule has 28 heavy (non-hydrogen) atoms. The van der Waals surface area contributed by atoms with Gasteiger partial charge in [0.2, 0.25) is 0 Å². The zero-order valence-corrected chi connectivity index (χ0v) is 19.0. The average molecular weight is 451 g/mol. The minimum atomic E-state index is -4.42. The maximum absolute atomic E-state index is 12.8. The predicted octanol–water partition coefficient (Wildman–Crippen LogP) is 1.35. The van der Waals surface area contributed by atoms with Gasteiger partial charge in [0.25, 0.3) is 5.91 Å². The van der Waals surface area contributed by atoms with Crippen molar-refractivity contribution in [1.82, 2.24) is 4.98 Å². The molecule has 1 N–H and O–H groups in total. The second-order valence-corrected chi connectivity index (χ2v) is 7.40. The average Bonchev–Trinajstić information content (AvgIpc) is 3.13. The number of amides is 3. The van der Waals surface area contributed by atoms with Crippen LogP contribution in [0.2, 0.25) is 0 Å². The van der Waals surface area contributed by atoms with E-state index < -0.39 is 28.8 Å². The first-order valence-electron chi connectivity index (χ1n) is 7.32. The monoisotopic (exact) mass is 451 g/mol. The van der Waals surface area contributed by atoms with Crippen LogP contribution in [0.3, 0.4) is 0 Å². The molecule has 2 aromatic rings. The van der Waals surface area contributed by atoms with Gasteiger partial charge in [-0.05, 0) is 11.6 Å². The van der Waals surface area contributed by atoms with Crippen molar-refractivity contribution in [3.63, 3.8) is 0 Å². The first-order chi connectivity index (χ1) is 12.7. The molecule has 1 fully saturated rings. The predicted molar refractivity (Wildman–Crippen MR) is 94.4 cm³/mol. The number of halogens is 3. The fraction of sp³-hybridized carbons (Fsp3) is 0.125. The van der Waals surface area contributed by atoms with Crippen LogP contribution < -0.4 is 56.7 Å². The van der Waals surface area contributed by atoms with Crippen LogP contribution in [0.4, 0.5) is 23.1 Å². The van der Waals surface area contributed by atoms with Crippen LogP contribution >= 0.6 is 23.1 Å². The van der Waals surface area contributed by atoms with Gasteiger partial charge in [-0.1, -0.05) is 30.0 Å². The van der Waals surface area contributed by atoms with Crippen LogP contribution in [0.5, 0.6) is 0 Å². The number of nitrogens with zero attached hydrogens (tertiary/aromatic N) is 2. The van der Waals surface area contributed by atoms with Crippen molar-refractivity contribution in [3.8, 4) is 0 Å². The van der Waals surface area contributed by atoms with Gasteiger partial charge in [0.1, 0.15) is 5.24 Å². The third-order valence-electron chi connectivity index (χ3n) is 3.28. The van der Waals surface area contributed by atoms with Gasteiger partial charge in [0.15, 0.2) is 5.13 Å². The molecule has 140 valence electrons. The van der Waals surface area contributed by atoms with E-state index in [0.29, 0.717) is 22.2 Å². The molecule has 1 aliphatic heterocycles. The van der Waals surface area contributed by atoms with E-state index in [1.54, 1.807) is 6.07 Å². The SMILES string of the molecule is O=C(C=C1SC(=O)[N-]C1=O)Nc1ncc(Cc2cccc(C(F)(F)F)c2)s1.[K+]. The zero-order chi connectivity index (χ0) is 19.6. The van der Waals surface area contributed by atoms with E-state index in [-0.39, 0.29) is 67.8 Å². The van der Waals surface area contributed by atoms with E-state index >= 15 is 0 Å². The van der Waals surface area contributed by atoms with Gasteiger partial charge in [0, 0.05) is 28.5 Å². The van der Waals surface area contributed by atoms with E-state index in [0.717, 1.165) is 29.5 Å². The molecule has 0 bridgehead atoms. The van der Waals surface area contributed by atoms with Gasteiger partial charge in [0.05, 0.1) is 11.5 Å². The Balaban J connectivity index is 0.00000280. The molecular formula is C16H9F3KN3O3S2. The standard InChI is InChI=1S/C16H10F3N3O3S2.K/c17-16(18,19)9-3-1-2-8(4-9)5-10-7-20-14(26-10)21-12(23)6-11-13(24)22-15(25)27-11;/h1-4,6-7H,5H2,(H2,20,21,22,23,24,25);/q;+1/p-1. The summed E-state index contributed by atoms with van der Waals surface area (Å²) in [6.07, 6.45) is -1.79. The summed E-state index contributed by atoms with van der Waals surface area (Å²) in [5.41, 5.74) is -0.273. The summed E-state index contributed by atoms with van der Waals surface area (Å²) in [7, 11) is 0. The summed E-state index contributed by atoms with van der Waals surface area (Å²) in [6.45, 7) is 0. The summed E-state index contributed by atoms with van der Waals surface area (Å²) >= 11 is 1.65. The van der Waals surface area contributed by atoms with Crippen LogP contribution in [-0.4, -0.2) is 22.0 Å². The molecule has 3 amide bonds. The Morgan fingerprint density at radius 1 is 1.29 bits per heavy atom. The summed E-state index contributed by atoms with van der Waals surface area (Å²) in [5.74, 6) is -1.43. The fourth-order valence-electron chi connectivity index (χ4n) is 2.16. The van der Waals surface area contributed by atoms with Crippen LogP contribution in [-0.2, 0) is 22.2 Å². The number of thiazole rings is 1. The van der Waals surface area contributed by atoms with Crippen molar-refractivity contribution < 1.29 is 78.9 Å². The second kappa shape index (κ2) is 9.65. The number of anilines is 1. The Bertz CT molecular complexity index is 960. The van der Waals surface area contributed by atoms with Crippen LogP contribution in [0.25, 0.3) is 5.32 Å². The third kappa shape index (κ3) is 6.24. The van der Waals surface area contributed by atoms with Gasteiger partial charge >= 0.3 is 57.6 Å². The summed E-state index contributed by atoms with van der Waals surface area (Å²) in [5, 5.41) is 5.13. The molecular weight excluding hydrogens is 442 g/mol. The molecule has 1 saturated heterocycles. The molecule has 0 saturated carbocycles. The van der Waals surface area contributed by atoms with Gasteiger partial charge < -0.3 is 14.9 Å². The van der Waals surface area contributed by atoms with Crippen molar-refractivity contribution in [2.24, 2.45) is 0 Å². The molecule has 2 heterocycles. The van der Waals surface area contributed by atoms with Crippen molar-refractivity contribution >= 4 is 45.3 Å². The zero-order valence-electron chi connectivity index (χ0n) is 14.2. The van der Waals surface area contributed by atoms with E-state index in [4.69, 9.17) is 0 Å². The molecule has 0 atom stereocenters. The first kappa shape index (κ1) is 23.3. The normalized spacial score (nSPS) is 15.3. The number of carbonyl (C=O) groups excluding carboxylic acids is 3. The summed E-state index contributed by atoms with van der Waals surface area (Å²) in [6, 6.07) is 4.96. The van der Waals surface area contributed by atoms with Crippen LogP contribution in [0.1, 0.15) is 16.0 Å². The third-order valence-corrected chi connectivity index (χ3v) is 4.97. The quantitative estimate of drug-likeness (QED) is 0.560. The number of thioether (sulfide) groups is 1. The molecule has 3 rings (SSSR count). The number of hydrogen-bond donors (Lipinski definition) is 1. The summed E-state index contributed by atoms with van der Waals surface area (Å²) in [4.78, 5) is 38.7. The van der Waals surface area contributed by atoms with Crippen molar-refractivity contribution in [1.29, 1.82) is 0 Å². The number of aromatic nitrogens is 1. The van der Waals surface area contributed by atoms with Crippen LogP contribution in [0.15, 0.2) is 41.4 Å². The van der Waals surface area contributed by atoms with E-state index in [9.17, 15) is 27.6 Å². The second-order valence-electron chi connectivity index (χ2n) is 5.29. The minimum absolute atomic E-state index is 0. The molecule has 0 spiro atoms. The van der Waals surface area contributed by atoms with Gasteiger partial charge in [-0.2, -0.15) is 13.2 Å². The smallest absolute Gasteiger partial charge is 0.581 e. The molecule has 0 aliphatic carbocycles. The van der Waals surface area contributed by atoms with Crippen LogP contribution in [0, 0.1) is 0 Å². The van der Waals surface area contributed by atoms with Crippen molar-refractivity contribution in [2.75, 3.05) is 5.32 Å². The van der Waals surface area contributed by atoms with E-state index in [1.165, 1.54) is 12.3 Å². The van der Waals surface area contributed by atoms with Gasteiger partial charge in [-0.15, -0.1) is 11.3 Å². The molecule has 1 aromatic heterocycles. The maximum Gasteiger partial charge on any atom is 1.00 e. The molecule has 0 radical (unpaired) electrons. The number of alkyl halides is 3. The largest absolute Gasteiger partial charge is 1.00 e. The Hall–Kier alpha value is -1.02. The van der Waals surface area contributed by atoms with Crippen molar-refractivity contribution in [3.05, 3.63) is 62.8 Å². The number of imide groups is 1. The Morgan fingerprint density at radius 2 is 2.04 bits per heavy atom. The first-order valence-corrected chi connectivity index (χ1v) is 8.95. The molecule has 0 unspecified atom stereocenters. The van der Waals surface area contributed by atoms with Crippen molar-refractivity contribution in [2.45, 2.75) is 12.6 Å². The number of benzene rings is 1. The number of nitrogens with one attached hydrogen (secondary N) is 1. The van der Waals surface area contributed by atoms with Gasteiger partial charge in [-0.3, -0.25) is 10.1 Å². The fourth-order valence-corrected chi connectivity index (χ4v) is 3.62. The van der Waals surface area contributed by atoms with E-state index in [1.807, 2.05) is 0 Å². The topological polar surface area (TPSA) is 90.2 Å². The minimum Gasteiger partial charge on any atom is -0.581 e. The molecule has 12 heteroatoms. The Kier molecular flexibility index (Phi) is 8.02. The number of carbonyl (C=O) groups is 3. The number of rotatable bonds is 4. The molecule has 1 aromatic carbocycles. The Morgan fingerprint density at radius 3 is 2.68 bits per heavy atom. The summed E-state index contributed by atoms with van der Waals surface area (Å²) < 4.78 is 38.3. The maximum atomic E-state index is 12.8. The molecule has 1 aliphatic rings. The Labute approximate surface area is 207 Å².